The number of aromatic carboxylic acids is 1. The second kappa shape index (κ2) is 5.43. The smallest absolute Gasteiger partial charge is 0.335 e. The number of nitrogens with zero attached hydrogens (tertiary/aromatic N) is 1. The maximum absolute atomic E-state index is 13.4. The molecule has 2 N–H and O–H groups in total. The van der Waals surface area contributed by atoms with Crippen LogP contribution < -0.4 is 5.32 Å². The molecule has 20 heavy (non-hydrogen) atoms. The van der Waals surface area contributed by atoms with Crippen LogP contribution in [0.15, 0.2) is 36.5 Å². The van der Waals surface area contributed by atoms with Crippen LogP contribution in [0.5, 0.6) is 0 Å². The highest BCUT2D eigenvalue weighted by Crippen LogP contribution is 2.13. The molecule has 1 aromatic carbocycles. The molecule has 2 aromatic rings. The largest absolute Gasteiger partial charge is 0.478 e. The molecule has 5 nitrogen and oxygen atoms in total. The van der Waals surface area contributed by atoms with Gasteiger partial charge in [-0.2, -0.15) is 0 Å². The van der Waals surface area contributed by atoms with E-state index in [1.165, 1.54) is 12.3 Å². The Kier molecular flexibility index (Phi) is 3.69. The summed E-state index contributed by atoms with van der Waals surface area (Å²) in [6.45, 7) is 0. The van der Waals surface area contributed by atoms with Crippen molar-refractivity contribution in [3.05, 3.63) is 59.3 Å². The first kappa shape index (κ1) is 13.6. The molecule has 0 aliphatic heterocycles. The zero-order chi connectivity index (χ0) is 14.7. The van der Waals surface area contributed by atoms with Gasteiger partial charge in [0.15, 0.2) is 0 Å². The number of nitrogens with one attached hydrogen (secondary N) is 1. The Morgan fingerprint density at radius 2 is 1.90 bits per heavy atom. The van der Waals surface area contributed by atoms with Gasteiger partial charge in [-0.3, -0.25) is 4.79 Å². The highest BCUT2D eigenvalue weighted by atomic mass is 19.1. The molecule has 102 valence electrons. The van der Waals surface area contributed by atoms with Crippen molar-refractivity contribution in [2.45, 2.75) is 0 Å². The van der Waals surface area contributed by atoms with Crippen molar-refractivity contribution in [2.24, 2.45) is 0 Å². The Morgan fingerprint density at radius 1 is 1.15 bits per heavy atom. The lowest BCUT2D eigenvalue weighted by Crippen LogP contribution is -2.15. The molecule has 2 rings (SSSR count). The lowest BCUT2D eigenvalue weighted by atomic mass is 10.2. The number of pyridine rings is 1. The van der Waals surface area contributed by atoms with Crippen LogP contribution in [0.3, 0.4) is 0 Å². The van der Waals surface area contributed by atoms with E-state index in [0.717, 1.165) is 18.2 Å². The first-order valence-corrected chi connectivity index (χ1v) is 5.43. The van der Waals surface area contributed by atoms with Crippen molar-refractivity contribution in [3.8, 4) is 0 Å². The number of halogens is 2. The lowest BCUT2D eigenvalue weighted by molar-refractivity contribution is 0.0696. The van der Waals surface area contributed by atoms with Crippen molar-refractivity contribution < 1.29 is 23.5 Å². The van der Waals surface area contributed by atoms with E-state index in [0.29, 0.717) is 6.07 Å². The van der Waals surface area contributed by atoms with Crippen LogP contribution in [-0.4, -0.2) is 22.0 Å². The molecule has 7 heteroatoms. The number of benzene rings is 1. The summed E-state index contributed by atoms with van der Waals surface area (Å²) in [7, 11) is 0. The highest BCUT2D eigenvalue weighted by Gasteiger charge is 2.14. The second-order valence-electron chi connectivity index (χ2n) is 3.81. The average Bonchev–Trinajstić information content (AvgIpc) is 2.38. The minimum absolute atomic E-state index is 0.0429. The number of anilines is 1. The van der Waals surface area contributed by atoms with Gasteiger partial charge < -0.3 is 10.4 Å². The first-order valence-electron chi connectivity index (χ1n) is 5.43. The van der Waals surface area contributed by atoms with E-state index < -0.39 is 23.5 Å². The van der Waals surface area contributed by atoms with Crippen molar-refractivity contribution in [2.75, 3.05) is 5.32 Å². The summed E-state index contributed by atoms with van der Waals surface area (Å²) in [6.07, 6.45) is 1.19. The molecule has 0 radical (unpaired) electrons. The fourth-order valence-electron chi connectivity index (χ4n) is 1.49. The minimum Gasteiger partial charge on any atom is -0.478 e. The molecule has 0 aliphatic carbocycles. The first-order chi connectivity index (χ1) is 9.47. The molecule has 0 spiro atoms. The maximum atomic E-state index is 13.4. The van der Waals surface area contributed by atoms with Gasteiger partial charge in [0.25, 0.3) is 5.91 Å². The van der Waals surface area contributed by atoms with Crippen LogP contribution >= 0.6 is 0 Å². The molecule has 0 unspecified atom stereocenters. The fraction of sp³-hybridized carbons (Fsp3) is 0. The molecule has 1 aromatic heterocycles. The number of carbonyl (C=O) groups excluding carboxylic acids is 1. The number of aromatic nitrogens is 1. The molecular formula is C13H8F2N2O3. The van der Waals surface area contributed by atoms with E-state index in [-0.39, 0.29) is 16.9 Å². The monoisotopic (exact) mass is 278 g/mol. The number of carboxylic acid groups (broad SMARTS) is 1. The van der Waals surface area contributed by atoms with Crippen LogP contribution in [-0.2, 0) is 0 Å². The van der Waals surface area contributed by atoms with Gasteiger partial charge in [0, 0.05) is 12.3 Å². The molecule has 0 atom stereocenters. The standard InChI is InChI=1S/C13H8F2N2O3/c14-8-1-2-9(10(15)6-8)12(18)17-11-5-7(13(19)20)3-4-16-11/h1-6H,(H,19,20)(H,16,17,18). The van der Waals surface area contributed by atoms with Gasteiger partial charge in [0.05, 0.1) is 11.1 Å². The van der Waals surface area contributed by atoms with Crippen LogP contribution in [0.2, 0.25) is 0 Å². The van der Waals surface area contributed by atoms with E-state index in [4.69, 9.17) is 5.11 Å². The predicted molar refractivity (Wildman–Crippen MR) is 65.5 cm³/mol. The van der Waals surface area contributed by atoms with Crippen molar-refractivity contribution >= 4 is 17.7 Å². The van der Waals surface area contributed by atoms with Gasteiger partial charge in [-0.1, -0.05) is 0 Å². The minimum atomic E-state index is -1.18. The van der Waals surface area contributed by atoms with Crippen molar-refractivity contribution in [1.82, 2.24) is 4.98 Å². The van der Waals surface area contributed by atoms with Gasteiger partial charge >= 0.3 is 5.97 Å². The Hall–Kier alpha value is -2.83. The third-order valence-corrected chi connectivity index (χ3v) is 2.42. The SMILES string of the molecule is O=C(O)c1ccnc(NC(=O)c2ccc(F)cc2F)c1. The molecule has 0 saturated heterocycles. The van der Waals surface area contributed by atoms with Crippen LogP contribution in [0.4, 0.5) is 14.6 Å². The summed E-state index contributed by atoms with van der Waals surface area (Å²) in [6, 6.07) is 4.88. The van der Waals surface area contributed by atoms with Gasteiger partial charge in [-0.15, -0.1) is 0 Å². The maximum Gasteiger partial charge on any atom is 0.335 e. The average molecular weight is 278 g/mol. The zero-order valence-electron chi connectivity index (χ0n) is 9.93. The molecule has 0 saturated carbocycles. The molecule has 0 fully saturated rings. The van der Waals surface area contributed by atoms with E-state index in [2.05, 4.69) is 10.3 Å². The highest BCUT2D eigenvalue weighted by molar-refractivity contribution is 6.04. The normalized spacial score (nSPS) is 10.1. The second-order valence-corrected chi connectivity index (χ2v) is 3.81. The van der Waals surface area contributed by atoms with Gasteiger partial charge in [0.1, 0.15) is 17.5 Å². The zero-order valence-corrected chi connectivity index (χ0v) is 9.93. The summed E-state index contributed by atoms with van der Waals surface area (Å²) >= 11 is 0. The van der Waals surface area contributed by atoms with Crippen LogP contribution in [0.25, 0.3) is 0 Å². The molecular weight excluding hydrogens is 270 g/mol. The Labute approximate surface area is 111 Å². The third kappa shape index (κ3) is 2.94. The Balaban J connectivity index is 2.23. The summed E-state index contributed by atoms with van der Waals surface area (Å²) in [5, 5.41) is 11.0. The quantitative estimate of drug-likeness (QED) is 0.903. The number of hydrogen-bond acceptors (Lipinski definition) is 3. The van der Waals surface area contributed by atoms with Gasteiger partial charge in [-0.25, -0.2) is 18.6 Å². The van der Waals surface area contributed by atoms with Gasteiger partial charge in [-0.05, 0) is 24.3 Å². The topological polar surface area (TPSA) is 79.3 Å². The number of rotatable bonds is 3. The van der Waals surface area contributed by atoms with Crippen molar-refractivity contribution in [1.29, 1.82) is 0 Å². The number of hydrogen-bond donors (Lipinski definition) is 2. The van der Waals surface area contributed by atoms with Crippen molar-refractivity contribution in [3.63, 3.8) is 0 Å². The fourth-order valence-corrected chi connectivity index (χ4v) is 1.49. The number of carboxylic acids is 1. The summed E-state index contributed by atoms with van der Waals surface area (Å²) in [5.74, 6) is -3.89. The molecule has 0 bridgehead atoms. The van der Waals surface area contributed by atoms with Crippen LogP contribution in [0.1, 0.15) is 20.7 Å². The number of amides is 1. The Morgan fingerprint density at radius 3 is 2.55 bits per heavy atom. The number of carbonyl (C=O) groups is 2. The van der Waals surface area contributed by atoms with Crippen LogP contribution in [0, 0.1) is 11.6 Å². The van der Waals surface area contributed by atoms with E-state index >= 15 is 0 Å². The molecule has 1 heterocycles. The molecule has 1 amide bonds. The molecule has 0 aliphatic rings. The summed E-state index contributed by atoms with van der Waals surface area (Å²) in [5.41, 5.74) is -0.441. The third-order valence-electron chi connectivity index (χ3n) is 2.42. The summed E-state index contributed by atoms with van der Waals surface area (Å²) < 4.78 is 26.1. The predicted octanol–water partition coefficient (Wildman–Crippen LogP) is 2.31. The van der Waals surface area contributed by atoms with E-state index in [1.807, 2.05) is 0 Å². The van der Waals surface area contributed by atoms with Gasteiger partial charge in [0.2, 0.25) is 0 Å². The van der Waals surface area contributed by atoms with E-state index in [9.17, 15) is 18.4 Å². The van der Waals surface area contributed by atoms with E-state index in [1.54, 1.807) is 0 Å². The summed E-state index contributed by atoms with van der Waals surface area (Å²) in [4.78, 5) is 26.3. The lowest BCUT2D eigenvalue weighted by Gasteiger charge is -2.06. The Bertz CT molecular complexity index is 689.